The van der Waals surface area contributed by atoms with Gasteiger partial charge >= 0.3 is 7.60 Å². The van der Waals surface area contributed by atoms with E-state index in [9.17, 15) is 13.8 Å². The Labute approximate surface area is 230 Å². The molecule has 1 aliphatic carbocycles. The van der Waals surface area contributed by atoms with Crippen LogP contribution < -0.4 is 10.1 Å². The number of halogens is 2. The van der Waals surface area contributed by atoms with Gasteiger partial charge in [0, 0.05) is 35.0 Å². The van der Waals surface area contributed by atoms with Gasteiger partial charge in [-0.15, -0.1) is 0 Å². The maximum Gasteiger partial charge on any atom is 0.338 e. The van der Waals surface area contributed by atoms with Gasteiger partial charge in [0.1, 0.15) is 35.7 Å². The summed E-state index contributed by atoms with van der Waals surface area (Å²) in [6.45, 7) is 5.75. The van der Waals surface area contributed by atoms with E-state index in [4.69, 9.17) is 30.1 Å². The van der Waals surface area contributed by atoms with Crippen LogP contribution in [-0.4, -0.2) is 54.9 Å². The first-order valence-corrected chi connectivity index (χ1v) is 15.0. The van der Waals surface area contributed by atoms with Gasteiger partial charge in [0.15, 0.2) is 0 Å². The molecule has 0 radical (unpaired) electrons. The summed E-state index contributed by atoms with van der Waals surface area (Å²) in [4.78, 5) is 21.9. The summed E-state index contributed by atoms with van der Waals surface area (Å²) < 4.78 is 49.0. The normalized spacial score (nSPS) is 20.2. The van der Waals surface area contributed by atoms with Crippen LogP contribution in [0.5, 0.6) is 5.75 Å². The zero-order chi connectivity index (χ0) is 27.6. The van der Waals surface area contributed by atoms with Crippen LogP contribution in [0.25, 0.3) is 10.9 Å². The highest BCUT2D eigenvalue weighted by molar-refractivity contribution is 7.54. The van der Waals surface area contributed by atoms with E-state index in [2.05, 4.69) is 15.3 Å². The molecule has 1 aliphatic heterocycles. The SMILES string of the molecule is CCOP(=O)(CC(=O)Cc1cc2c(Nc3ccc(F)c(Cl)c3)ncnc2cc1OCC1C2COCC21)OCC. The molecule has 1 saturated carbocycles. The van der Waals surface area contributed by atoms with E-state index in [1.807, 2.05) is 0 Å². The highest BCUT2D eigenvalue weighted by Crippen LogP contribution is 2.51. The van der Waals surface area contributed by atoms with Crippen LogP contribution >= 0.6 is 19.2 Å². The number of anilines is 2. The lowest BCUT2D eigenvalue weighted by atomic mass is 10.0. The molecule has 1 N–H and O–H groups in total. The van der Waals surface area contributed by atoms with Crippen molar-refractivity contribution < 1.29 is 32.3 Å². The minimum absolute atomic E-state index is 0.0244. The van der Waals surface area contributed by atoms with E-state index in [0.717, 1.165) is 13.2 Å². The second-order valence-electron chi connectivity index (χ2n) is 9.61. The molecule has 39 heavy (non-hydrogen) atoms. The summed E-state index contributed by atoms with van der Waals surface area (Å²) in [5.41, 5.74) is 1.74. The molecule has 9 nitrogen and oxygen atoms in total. The van der Waals surface area contributed by atoms with Gasteiger partial charge in [0.05, 0.1) is 43.6 Å². The fourth-order valence-electron chi connectivity index (χ4n) is 5.01. The molecule has 2 unspecified atom stereocenters. The molecule has 1 aromatic heterocycles. The van der Waals surface area contributed by atoms with Crippen LogP contribution in [0.4, 0.5) is 15.9 Å². The topological polar surface area (TPSA) is 109 Å². The monoisotopic (exact) mass is 577 g/mol. The molecule has 2 aliphatic rings. The molecule has 12 heteroatoms. The maximum atomic E-state index is 13.7. The van der Waals surface area contributed by atoms with Crippen molar-refractivity contribution in [3.63, 3.8) is 0 Å². The number of ether oxygens (including phenoxy) is 2. The molecule has 2 aromatic carbocycles. The van der Waals surface area contributed by atoms with Crippen LogP contribution in [0.2, 0.25) is 5.02 Å². The summed E-state index contributed by atoms with van der Waals surface area (Å²) in [7, 11) is -3.56. The van der Waals surface area contributed by atoms with E-state index in [0.29, 0.717) is 58.1 Å². The molecule has 208 valence electrons. The predicted molar refractivity (Wildman–Crippen MR) is 145 cm³/mol. The van der Waals surface area contributed by atoms with Crippen LogP contribution in [0.3, 0.4) is 0 Å². The van der Waals surface area contributed by atoms with Crippen LogP contribution in [0.1, 0.15) is 19.4 Å². The second kappa shape index (κ2) is 11.9. The maximum absolute atomic E-state index is 13.7. The Balaban J connectivity index is 1.44. The lowest BCUT2D eigenvalue weighted by Gasteiger charge is -2.18. The Kier molecular flexibility index (Phi) is 8.49. The third kappa shape index (κ3) is 6.42. The highest BCUT2D eigenvalue weighted by Gasteiger charge is 2.54. The number of nitrogens with one attached hydrogen (secondary N) is 1. The molecule has 1 saturated heterocycles. The Morgan fingerprint density at radius 3 is 2.59 bits per heavy atom. The molecule has 0 bridgehead atoms. The zero-order valence-corrected chi connectivity index (χ0v) is 23.3. The van der Waals surface area contributed by atoms with Crippen molar-refractivity contribution in [2.24, 2.45) is 17.8 Å². The summed E-state index contributed by atoms with van der Waals surface area (Å²) >= 11 is 5.95. The van der Waals surface area contributed by atoms with Gasteiger partial charge in [-0.25, -0.2) is 14.4 Å². The first-order chi connectivity index (χ1) is 18.8. The minimum Gasteiger partial charge on any atom is -0.493 e. The third-order valence-electron chi connectivity index (χ3n) is 6.97. The van der Waals surface area contributed by atoms with Gasteiger partial charge in [0.2, 0.25) is 0 Å². The number of benzene rings is 2. The van der Waals surface area contributed by atoms with Gasteiger partial charge in [0.25, 0.3) is 0 Å². The minimum atomic E-state index is -3.56. The smallest absolute Gasteiger partial charge is 0.338 e. The molecular formula is C27H30ClFN3O6P. The van der Waals surface area contributed by atoms with Gasteiger partial charge in [-0.1, -0.05) is 11.6 Å². The van der Waals surface area contributed by atoms with Crippen molar-refractivity contribution in [3.05, 3.63) is 53.1 Å². The van der Waals surface area contributed by atoms with Gasteiger partial charge in [-0.3, -0.25) is 9.36 Å². The molecule has 0 amide bonds. The van der Waals surface area contributed by atoms with Crippen molar-refractivity contribution in [2.75, 3.05) is 44.5 Å². The van der Waals surface area contributed by atoms with E-state index in [1.165, 1.54) is 18.5 Å². The third-order valence-corrected chi connectivity index (χ3v) is 9.30. The molecule has 0 spiro atoms. The molecule has 5 rings (SSSR count). The number of carbonyl (C=O) groups excluding carboxylic acids is 1. The van der Waals surface area contributed by atoms with Crippen molar-refractivity contribution in [3.8, 4) is 5.75 Å². The van der Waals surface area contributed by atoms with Gasteiger partial charge in [-0.05, 0) is 49.9 Å². The van der Waals surface area contributed by atoms with Crippen LogP contribution in [0.15, 0.2) is 36.7 Å². The van der Waals surface area contributed by atoms with Crippen LogP contribution in [0, 0.1) is 23.6 Å². The van der Waals surface area contributed by atoms with E-state index in [-0.39, 0.29) is 36.6 Å². The van der Waals surface area contributed by atoms with E-state index >= 15 is 0 Å². The van der Waals surface area contributed by atoms with Gasteiger partial charge in [-0.2, -0.15) is 0 Å². The number of carbonyl (C=O) groups is 1. The Hall–Kier alpha value is -2.62. The quantitative estimate of drug-likeness (QED) is 0.251. The number of rotatable bonds is 13. The first kappa shape index (κ1) is 27.9. The first-order valence-electron chi connectivity index (χ1n) is 12.9. The molecule has 2 heterocycles. The molecular weight excluding hydrogens is 548 g/mol. The van der Waals surface area contributed by atoms with Crippen molar-refractivity contribution in [1.82, 2.24) is 9.97 Å². The summed E-state index contributed by atoms with van der Waals surface area (Å²) in [6.07, 6.45) is 1.01. The average Bonchev–Trinajstić information content (AvgIpc) is 3.31. The van der Waals surface area contributed by atoms with Crippen LogP contribution in [-0.2, 0) is 29.6 Å². The second-order valence-corrected chi connectivity index (χ2v) is 12.1. The largest absolute Gasteiger partial charge is 0.493 e. The standard InChI is InChI=1S/C27H30ClFN3O6P/c1-3-37-39(34,38-4-2)14-18(33)7-16-8-19-25(10-26(16)36-13-22-20-11-35-12-21(20)22)30-15-31-27(19)32-17-5-6-24(29)23(28)9-17/h5-6,8-10,15,20-22H,3-4,7,11-14H2,1-2H3,(H,30,31,32). The van der Waals surface area contributed by atoms with Gasteiger partial charge < -0.3 is 23.8 Å². The fraction of sp³-hybridized carbons (Fsp3) is 0.444. The van der Waals surface area contributed by atoms with E-state index in [1.54, 1.807) is 32.0 Å². The number of fused-ring (bicyclic) bond motifs is 2. The number of Topliss-reactive ketones (excluding diaryl/α,β-unsaturated/α-hetero) is 1. The number of hydrogen-bond acceptors (Lipinski definition) is 9. The zero-order valence-electron chi connectivity index (χ0n) is 21.7. The molecule has 2 fully saturated rings. The molecule has 2 atom stereocenters. The number of ketones is 1. The number of aromatic nitrogens is 2. The lowest BCUT2D eigenvalue weighted by molar-refractivity contribution is -0.116. The number of hydrogen-bond donors (Lipinski definition) is 1. The summed E-state index contributed by atoms with van der Waals surface area (Å²) in [6, 6.07) is 7.84. The predicted octanol–water partition coefficient (Wildman–Crippen LogP) is 5.81. The number of nitrogens with zero attached hydrogens (tertiary/aromatic N) is 2. The molecule has 3 aromatic rings. The highest BCUT2D eigenvalue weighted by atomic mass is 35.5. The Morgan fingerprint density at radius 1 is 1.15 bits per heavy atom. The Morgan fingerprint density at radius 2 is 1.90 bits per heavy atom. The van der Waals surface area contributed by atoms with Crippen molar-refractivity contribution in [2.45, 2.75) is 20.3 Å². The lowest BCUT2D eigenvalue weighted by Crippen LogP contribution is -2.14. The van der Waals surface area contributed by atoms with E-state index < -0.39 is 13.4 Å². The summed E-state index contributed by atoms with van der Waals surface area (Å²) in [5, 5.41) is 3.75. The van der Waals surface area contributed by atoms with Crippen molar-refractivity contribution in [1.29, 1.82) is 0 Å². The average molecular weight is 578 g/mol. The fourth-order valence-corrected chi connectivity index (χ4v) is 6.78. The Bertz CT molecular complexity index is 1410. The summed E-state index contributed by atoms with van der Waals surface area (Å²) in [5.74, 6) is 1.58. The van der Waals surface area contributed by atoms with Crippen molar-refractivity contribution >= 4 is 47.4 Å².